The first kappa shape index (κ1) is 14.4. The van der Waals surface area contributed by atoms with Gasteiger partial charge in [-0.3, -0.25) is 0 Å². The molecule has 17 heavy (non-hydrogen) atoms. The molecule has 1 rings (SSSR count). The van der Waals surface area contributed by atoms with Crippen LogP contribution in [0.2, 0.25) is 0 Å². The first-order valence-corrected chi connectivity index (χ1v) is 6.18. The van der Waals surface area contributed by atoms with Crippen molar-refractivity contribution >= 4 is 15.9 Å². The van der Waals surface area contributed by atoms with E-state index in [0.717, 1.165) is 10.9 Å². The van der Waals surface area contributed by atoms with Crippen LogP contribution in [0.3, 0.4) is 0 Å². The Bertz CT molecular complexity index is 334. The third-order valence-electron chi connectivity index (χ3n) is 2.02. The standard InChI is InChI=1S/C12H16BrFO3/c1-15-7-8-16-5-2-6-17-12-9-10(14)3-4-11(12)13/h3-4,9H,2,5-8H2,1H3. The van der Waals surface area contributed by atoms with Crippen LogP contribution in [0, 0.1) is 5.82 Å². The molecule has 0 unspecified atom stereocenters. The second-order valence-corrected chi connectivity index (χ2v) is 4.24. The molecule has 0 saturated carbocycles. The molecule has 1 aromatic rings. The molecule has 0 atom stereocenters. The van der Waals surface area contributed by atoms with E-state index < -0.39 is 0 Å². The lowest BCUT2D eigenvalue weighted by Gasteiger charge is -2.08. The first-order chi connectivity index (χ1) is 8.24. The predicted molar refractivity (Wildman–Crippen MR) is 66.9 cm³/mol. The maximum Gasteiger partial charge on any atom is 0.136 e. The van der Waals surface area contributed by atoms with Gasteiger partial charge in [0.1, 0.15) is 11.6 Å². The lowest BCUT2D eigenvalue weighted by atomic mass is 10.3. The molecule has 5 heteroatoms. The van der Waals surface area contributed by atoms with E-state index in [1.807, 2.05) is 0 Å². The second kappa shape index (κ2) is 8.44. The van der Waals surface area contributed by atoms with Gasteiger partial charge in [0.05, 0.1) is 24.3 Å². The van der Waals surface area contributed by atoms with E-state index in [4.69, 9.17) is 14.2 Å². The van der Waals surface area contributed by atoms with Crippen molar-refractivity contribution in [3.63, 3.8) is 0 Å². The summed E-state index contributed by atoms with van der Waals surface area (Å²) in [6.45, 7) is 2.28. The Morgan fingerprint density at radius 2 is 2.00 bits per heavy atom. The summed E-state index contributed by atoms with van der Waals surface area (Å²) in [5, 5.41) is 0. The van der Waals surface area contributed by atoms with Gasteiger partial charge in [-0.25, -0.2) is 4.39 Å². The molecule has 0 radical (unpaired) electrons. The summed E-state index contributed by atoms with van der Waals surface area (Å²) in [6, 6.07) is 4.36. The highest BCUT2D eigenvalue weighted by Gasteiger charge is 2.02. The van der Waals surface area contributed by atoms with Crippen molar-refractivity contribution in [2.24, 2.45) is 0 Å². The number of halogens is 2. The van der Waals surface area contributed by atoms with Crippen LogP contribution < -0.4 is 4.74 Å². The highest BCUT2D eigenvalue weighted by molar-refractivity contribution is 9.10. The molecule has 1 aromatic carbocycles. The van der Waals surface area contributed by atoms with Crippen LogP contribution in [0.1, 0.15) is 6.42 Å². The van der Waals surface area contributed by atoms with Crippen molar-refractivity contribution < 1.29 is 18.6 Å². The Kier molecular flexibility index (Phi) is 7.16. The lowest BCUT2D eigenvalue weighted by molar-refractivity contribution is 0.0644. The summed E-state index contributed by atoms with van der Waals surface area (Å²) in [7, 11) is 1.63. The van der Waals surface area contributed by atoms with Crippen molar-refractivity contribution in [3.8, 4) is 5.75 Å². The summed E-state index contributed by atoms with van der Waals surface area (Å²) in [5.41, 5.74) is 0. The Hall–Kier alpha value is -0.650. The van der Waals surface area contributed by atoms with Gasteiger partial charge in [0.15, 0.2) is 0 Å². The van der Waals surface area contributed by atoms with E-state index in [-0.39, 0.29) is 5.82 Å². The number of hydrogen-bond donors (Lipinski definition) is 0. The van der Waals surface area contributed by atoms with Crippen molar-refractivity contribution in [2.45, 2.75) is 6.42 Å². The Morgan fingerprint density at radius 1 is 1.18 bits per heavy atom. The summed E-state index contributed by atoms with van der Waals surface area (Å²) >= 11 is 3.29. The highest BCUT2D eigenvalue weighted by atomic mass is 79.9. The molecule has 0 aromatic heterocycles. The van der Waals surface area contributed by atoms with Crippen LogP contribution in [0.15, 0.2) is 22.7 Å². The molecule has 0 aliphatic carbocycles. The van der Waals surface area contributed by atoms with Crippen LogP contribution in [0.5, 0.6) is 5.75 Å². The Balaban J connectivity index is 2.15. The molecule has 0 aliphatic rings. The fourth-order valence-electron chi connectivity index (χ4n) is 1.18. The monoisotopic (exact) mass is 306 g/mol. The minimum atomic E-state index is -0.306. The van der Waals surface area contributed by atoms with Gasteiger partial charge < -0.3 is 14.2 Å². The number of methoxy groups -OCH3 is 1. The third kappa shape index (κ3) is 6.00. The molecule has 0 bridgehead atoms. The van der Waals surface area contributed by atoms with Gasteiger partial charge in [0.25, 0.3) is 0 Å². The maximum absolute atomic E-state index is 12.9. The summed E-state index contributed by atoms with van der Waals surface area (Å²) < 4.78 is 29.2. The molecule has 96 valence electrons. The summed E-state index contributed by atoms with van der Waals surface area (Å²) in [5.74, 6) is 0.210. The third-order valence-corrected chi connectivity index (χ3v) is 2.67. The summed E-state index contributed by atoms with van der Waals surface area (Å²) in [4.78, 5) is 0. The van der Waals surface area contributed by atoms with Gasteiger partial charge in [-0.1, -0.05) is 0 Å². The van der Waals surface area contributed by atoms with Crippen LogP contribution in [-0.4, -0.2) is 33.5 Å². The minimum absolute atomic E-state index is 0.306. The summed E-state index contributed by atoms with van der Waals surface area (Å²) in [6.07, 6.45) is 0.757. The van der Waals surface area contributed by atoms with Gasteiger partial charge in [-0.2, -0.15) is 0 Å². The van der Waals surface area contributed by atoms with Crippen LogP contribution in [-0.2, 0) is 9.47 Å². The van der Waals surface area contributed by atoms with E-state index in [0.29, 0.717) is 32.2 Å². The second-order valence-electron chi connectivity index (χ2n) is 3.38. The van der Waals surface area contributed by atoms with Crippen LogP contribution >= 0.6 is 15.9 Å². The molecular weight excluding hydrogens is 291 g/mol. The van der Waals surface area contributed by atoms with Gasteiger partial charge in [0, 0.05) is 26.2 Å². The van der Waals surface area contributed by atoms with Gasteiger partial charge in [-0.05, 0) is 28.1 Å². The number of benzene rings is 1. The van der Waals surface area contributed by atoms with Crippen molar-refractivity contribution in [1.29, 1.82) is 0 Å². The average molecular weight is 307 g/mol. The zero-order chi connectivity index (χ0) is 12.5. The molecule has 3 nitrogen and oxygen atoms in total. The fourth-order valence-corrected chi connectivity index (χ4v) is 1.54. The molecule has 0 spiro atoms. The highest BCUT2D eigenvalue weighted by Crippen LogP contribution is 2.25. The van der Waals surface area contributed by atoms with E-state index >= 15 is 0 Å². The van der Waals surface area contributed by atoms with Gasteiger partial charge >= 0.3 is 0 Å². The largest absolute Gasteiger partial charge is 0.492 e. The van der Waals surface area contributed by atoms with Crippen LogP contribution in [0.25, 0.3) is 0 Å². The number of rotatable bonds is 8. The van der Waals surface area contributed by atoms with Crippen molar-refractivity contribution in [1.82, 2.24) is 0 Å². The normalized spacial score (nSPS) is 10.5. The zero-order valence-electron chi connectivity index (χ0n) is 9.75. The molecule has 0 amide bonds. The Morgan fingerprint density at radius 3 is 2.76 bits per heavy atom. The zero-order valence-corrected chi connectivity index (χ0v) is 11.3. The van der Waals surface area contributed by atoms with Crippen molar-refractivity contribution in [2.75, 3.05) is 33.5 Å². The van der Waals surface area contributed by atoms with E-state index in [2.05, 4.69) is 15.9 Å². The van der Waals surface area contributed by atoms with E-state index in [1.165, 1.54) is 12.1 Å². The van der Waals surface area contributed by atoms with Crippen molar-refractivity contribution in [3.05, 3.63) is 28.5 Å². The maximum atomic E-state index is 12.9. The number of hydrogen-bond acceptors (Lipinski definition) is 3. The Labute approximate surface area is 109 Å². The molecule has 0 N–H and O–H groups in total. The minimum Gasteiger partial charge on any atom is -0.492 e. The quantitative estimate of drug-likeness (QED) is 0.691. The molecule has 0 fully saturated rings. The molecule has 0 heterocycles. The molecular formula is C12H16BrFO3. The van der Waals surface area contributed by atoms with E-state index in [1.54, 1.807) is 13.2 Å². The predicted octanol–water partition coefficient (Wildman–Crippen LogP) is 3.02. The SMILES string of the molecule is COCCOCCCOc1cc(F)ccc1Br. The number of ether oxygens (including phenoxy) is 3. The van der Waals surface area contributed by atoms with E-state index in [9.17, 15) is 4.39 Å². The molecule has 0 saturated heterocycles. The molecule has 0 aliphatic heterocycles. The smallest absolute Gasteiger partial charge is 0.136 e. The average Bonchev–Trinajstić information content (AvgIpc) is 2.32. The first-order valence-electron chi connectivity index (χ1n) is 5.38. The lowest BCUT2D eigenvalue weighted by Crippen LogP contribution is -2.07. The van der Waals surface area contributed by atoms with Gasteiger partial charge in [-0.15, -0.1) is 0 Å². The van der Waals surface area contributed by atoms with Crippen LogP contribution in [0.4, 0.5) is 4.39 Å². The topological polar surface area (TPSA) is 27.7 Å². The van der Waals surface area contributed by atoms with Gasteiger partial charge in [0.2, 0.25) is 0 Å². The fraction of sp³-hybridized carbons (Fsp3) is 0.500.